The monoisotopic (exact) mass is 186 g/mol. The Balaban J connectivity index is 2.79. The van der Waals surface area contributed by atoms with Crippen molar-refractivity contribution in [1.82, 2.24) is 0 Å². The molecule has 0 aromatic rings. The summed E-state index contributed by atoms with van der Waals surface area (Å²) in [6.07, 6.45) is 1.51. The molecule has 1 atom stereocenters. The summed E-state index contributed by atoms with van der Waals surface area (Å²) >= 11 is 0. The van der Waals surface area contributed by atoms with E-state index in [9.17, 15) is 9.90 Å². The molecule has 1 heterocycles. The third-order valence-corrected chi connectivity index (χ3v) is 1.81. The Labute approximate surface area is 77.1 Å². The van der Waals surface area contributed by atoms with Crippen LogP contribution in [0.3, 0.4) is 0 Å². The smallest absolute Gasteiger partial charge is 0.337 e. The Hall–Kier alpha value is -1.03. The minimum atomic E-state index is -1.56. The summed E-state index contributed by atoms with van der Waals surface area (Å²) < 4.78 is 9.63. The second kappa shape index (κ2) is 3.38. The fourth-order valence-electron chi connectivity index (χ4n) is 1.38. The van der Waals surface area contributed by atoms with Gasteiger partial charge < -0.3 is 14.6 Å². The molecule has 0 spiro atoms. The molecule has 0 amide bonds. The molecule has 13 heavy (non-hydrogen) atoms. The summed E-state index contributed by atoms with van der Waals surface area (Å²) in [6.45, 7) is 3.86. The normalized spacial score (nSPS) is 27.5. The van der Waals surface area contributed by atoms with Crippen LogP contribution in [-0.4, -0.2) is 24.0 Å². The summed E-state index contributed by atoms with van der Waals surface area (Å²) in [5, 5.41) is 9.86. The Morgan fingerprint density at radius 2 is 2.31 bits per heavy atom. The minimum absolute atomic E-state index is 0.186. The van der Waals surface area contributed by atoms with E-state index in [0.29, 0.717) is 6.42 Å². The second-order valence-electron chi connectivity index (χ2n) is 3.52. The third-order valence-electron chi connectivity index (χ3n) is 1.81. The molecule has 4 nitrogen and oxygen atoms in total. The average Bonchev–Trinajstić information content (AvgIpc) is 2.23. The van der Waals surface area contributed by atoms with Crippen molar-refractivity contribution in [2.75, 3.05) is 7.11 Å². The van der Waals surface area contributed by atoms with Gasteiger partial charge >= 0.3 is 5.97 Å². The van der Waals surface area contributed by atoms with Gasteiger partial charge in [0.2, 0.25) is 0 Å². The van der Waals surface area contributed by atoms with E-state index in [0.717, 1.165) is 0 Å². The lowest BCUT2D eigenvalue weighted by molar-refractivity contribution is -0.195. The largest absolute Gasteiger partial charge is 0.494 e. The van der Waals surface area contributed by atoms with Crippen LogP contribution in [0, 0.1) is 5.92 Å². The van der Waals surface area contributed by atoms with Crippen molar-refractivity contribution in [3.63, 3.8) is 0 Å². The van der Waals surface area contributed by atoms with E-state index in [4.69, 9.17) is 9.47 Å². The summed E-state index contributed by atoms with van der Waals surface area (Å²) in [5.74, 6) is -1.71. The van der Waals surface area contributed by atoms with E-state index in [1.165, 1.54) is 13.2 Å². The highest BCUT2D eigenvalue weighted by Gasteiger charge is 2.43. The molecule has 0 unspecified atom stereocenters. The van der Waals surface area contributed by atoms with Gasteiger partial charge in [-0.1, -0.05) is 13.8 Å². The maximum absolute atomic E-state index is 10.9. The molecular formula is C9H14O4. The van der Waals surface area contributed by atoms with E-state index in [1.54, 1.807) is 0 Å². The van der Waals surface area contributed by atoms with Crippen LogP contribution in [0.5, 0.6) is 0 Å². The first-order chi connectivity index (χ1) is 5.98. The highest BCUT2D eigenvalue weighted by atomic mass is 16.7. The zero-order chi connectivity index (χ0) is 10.1. The first-order valence-electron chi connectivity index (χ1n) is 4.19. The van der Waals surface area contributed by atoms with Gasteiger partial charge in [0.05, 0.1) is 13.2 Å². The van der Waals surface area contributed by atoms with Crippen molar-refractivity contribution in [3.8, 4) is 0 Å². The molecule has 74 valence electrons. The predicted molar refractivity (Wildman–Crippen MR) is 45.6 cm³/mol. The number of ether oxygens (including phenoxy) is 2. The standard InChI is InChI=1S/C9H14O4/c1-6(2)5-9(11)7(12-3)4-8(10)13-9/h4,6,11H,5H2,1-3H3/t9-/m0/s1. The maximum atomic E-state index is 10.9. The summed E-state index contributed by atoms with van der Waals surface area (Å²) in [5.41, 5.74) is 0. The van der Waals surface area contributed by atoms with Crippen molar-refractivity contribution < 1.29 is 19.4 Å². The van der Waals surface area contributed by atoms with Crippen LogP contribution in [0.4, 0.5) is 0 Å². The Kier molecular flexibility index (Phi) is 2.61. The highest BCUT2D eigenvalue weighted by Crippen LogP contribution is 2.31. The number of cyclic esters (lactones) is 1. The number of aliphatic hydroxyl groups is 1. The van der Waals surface area contributed by atoms with Gasteiger partial charge in [0, 0.05) is 6.42 Å². The highest BCUT2D eigenvalue weighted by molar-refractivity contribution is 5.85. The van der Waals surface area contributed by atoms with E-state index >= 15 is 0 Å². The average molecular weight is 186 g/mol. The first kappa shape index (κ1) is 10.1. The van der Waals surface area contributed by atoms with Crippen LogP contribution >= 0.6 is 0 Å². The number of methoxy groups -OCH3 is 1. The molecule has 0 bridgehead atoms. The van der Waals surface area contributed by atoms with Gasteiger partial charge in [-0.2, -0.15) is 0 Å². The van der Waals surface area contributed by atoms with Crippen LogP contribution in [0.2, 0.25) is 0 Å². The molecule has 1 aliphatic heterocycles. The molecule has 1 rings (SSSR count). The van der Waals surface area contributed by atoms with E-state index in [2.05, 4.69) is 0 Å². The SMILES string of the molecule is COC1=CC(=O)O[C@@]1(O)CC(C)C. The fraction of sp³-hybridized carbons (Fsp3) is 0.667. The molecule has 0 radical (unpaired) electrons. The molecule has 0 aliphatic carbocycles. The lowest BCUT2D eigenvalue weighted by Gasteiger charge is -2.25. The van der Waals surface area contributed by atoms with E-state index < -0.39 is 11.8 Å². The Morgan fingerprint density at radius 1 is 1.69 bits per heavy atom. The van der Waals surface area contributed by atoms with Crippen LogP contribution in [0.25, 0.3) is 0 Å². The van der Waals surface area contributed by atoms with Gasteiger partial charge in [0.25, 0.3) is 5.79 Å². The number of carbonyl (C=O) groups is 1. The zero-order valence-electron chi connectivity index (χ0n) is 8.03. The van der Waals surface area contributed by atoms with E-state index in [1.807, 2.05) is 13.8 Å². The molecule has 0 saturated carbocycles. The molecular weight excluding hydrogens is 172 g/mol. The van der Waals surface area contributed by atoms with Gasteiger partial charge in [0.1, 0.15) is 0 Å². The Bertz CT molecular complexity index is 244. The molecule has 0 aromatic heterocycles. The summed E-state index contributed by atoms with van der Waals surface area (Å²) in [4.78, 5) is 10.9. The van der Waals surface area contributed by atoms with Crippen LogP contribution in [0.1, 0.15) is 20.3 Å². The van der Waals surface area contributed by atoms with Gasteiger partial charge in [-0.3, -0.25) is 0 Å². The van der Waals surface area contributed by atoms with Crippen molar-refractivity contribution in [3.05, 3.63) is 11.8 Å². The van der Waals surface area contributed by atoms with E-state index in [-0.39, 0.29) is 11.7 Å². The van der Waals surface area contributed by atoms with Crippen molar-refractivity contribution in [2.45, 2.75) is 26.1 Å². The Morgan fingerprint density at radius 3 is 2.77 bits per heavy atom. The number of carbonyl (C=O) groups excluding carboxylic acids is 1. The third kappa shape index (κ3) is 2.01. The molecule has 1 N–H and O–H groups in total. The molecule has 0 fully saturated rings. The number of hydrogen-bond donors (Lipinski definition) is 1. The predicted octanol–water partition coefficient (Wildman–Crippen LogP) is 0.808. The van der Waals surface area contributed by atoms with Gasteiger partial charge in [-0.25, -0.2) is 4.79 Å². The summed E-state index contributed by atoms with van der Waals surface area (Å²) in [6, 6.07) is 0. The lowest BCUT2D eigenvalue weighted by Crippen LogP contribution is -2.34. The van der Waals surface area contributed by atoms with Crippen LogP contribution in [-0.2, 0) is 14.3 Å². The number of esters is 1. The maximum Gasteiger partial charge on any atom is 0.337 e. The second-order valence-corrected chi connectivity index (χ2v) is 3.52. The van der Waals surface area contributed by atoms with Gasteiger partial charge in [0.15, 0.2) is 5.76 Å². The van der Waals surface area contributed by atoms with Crippen LogP contribution < -0.4 is 0 Å². The lowest BCUT2D eigenvalue weighted by atomic mass is 10.0. The molecule has 0 aromatic carbocycles. The quantitative estimate of drug-likeness (QED) is 0.662. The minimum Gasteiger partial charge on any atom is -0.494 e. The molecule has 1 aliphatic rings. The van der Waals surface area contributed by atoms with Crippen molar-refractivity contribution in [2.24, 2.45) is 5.92 Å². The zero-order valence-corrected chi connectivity index (χ0v) is 8.03. The first-order valence-corrected chi connectivity index (χ1v) is 4.19. The summed E-state index contributed by atoms with van der Waals surface area (Å²) in [7, 11) is 1.40. The number of rotatable bonds is 3. The topological polar surface area (TPSA) is 55.8 Å². The fourth-order valence-corrected chi connectivity index (χ4v) is 1.38. The van der Waals surface area contributed by atoms with Gasteiger partial charge in [-0.05, 0) is 5.92 Å². The van der Waals surface area contributed by atoms with Crippen LogP contribution in [0.15, 0.2) is 11.8 Å². The van der Waals surface area contributed by atoms with Gasteiger partial charge in [-0.15, -0.1) is 0 Å². The molecule has 4 heteroatoms. The van der Waals surface area contributed by atoms with Crippen molar-refractivity contribution >= 4 is 5.97 Å². The number of hydrogen-bond acceptors (Lipinski definition) is 4. The van der Waals surface area contributed by atoms with Crippen molar-refractivity contribution in [1.29, 1.82) is 0 Å². The molecule has 0 saturated heterocycles.